The average molecular weight is 261 g/mol. The molecular weight excluding hydrogens is 247 g/mol. The summed E-state index contributed by atoms with van der Waals surface area (Å²) >= 11 is 11.8. The summed E-state index contributed by atoms with van der Waals surface area (Å²) in [5, 5.41) is 11.4. The van der Waals surface area contributed by atoms with Crippen LogP contribution in [0.15, 0.2) is 18.2 Å². The van der Waals surface area contributed by atoms with Crippen LogP contribution in [-0.2, 0) is 11.2 Å². The Morgan fingerprint density at radius 3 is 2.75 bits per heavy atom. The highest BCUT2D eigenvalue weighted by molar-refractivity contribution is 6.42. The van der Waals surface area contributed by atoms with E-state index in [1.807, 2.05) is 6.07 Å². The van der Waals surface area contributed by atoms with E-state index >= 15 is 0 Å². The lowest BCUT2D eigenvalue weighted by atomic mass is 9.89. The summed E-state index contributed by atoms with van der Waals surface area (Å²) in [6, 6.07) is 5.45. The highest BCUT2D eigenvalue weighted by Gasteiger charge is 2.30. The summed E-state index contributed by atoms with van der Waals surface area (Å²) in [5.41, 5.74) is 0.234. The summed E-state index contributed by atoms with van der Waals surface area (Å²) in [7, 11) is 0. The quantitative estimate of drug-likeness (QED) is 0.886. The third-order valence-corrected chi connectivity index (χ3v) is 3.56. The van der Waals surface area contributed by atoms with Crippen molar-refractivity contribution in [2.75, 3.05) is 13.2 Å². The lowest BCUT2D eigenvalue weighted by molar-refractivity contribution is -0.0844. The van der Waals surface area contributed by atoms with Gasteiger partial charge in [-0.3, -0.25) is 0 Å². The average Bonchev–Trinajstić information content (AvgIpc) is 2.24. The van der Waals surface area contributed by atoms with E-state index in [4.69, 9.17) is 27.9 Å². The van der Waals surface area contributed by atoms with Crippen LogP contribution in [0.5, 0.6) is 0 Å². The molecule has 1 N–H and O–H groups in total. The van der Waals surface area contributed by atoms with Gasteiger partial charge in [-0.1, -0.05) is 29.3 Å². The van der Waals surface area contributed by atoms with Gasteiger partial charge < -0.3 is 9.84 Å². The van der Waals surface area contributed by atoms with Crippen LogP contribution in [0.2, 0.25) is 10.0 Å². The van der Waals surface area contributed by atoms with Crippen molar-refractivity contribution in [3.05, 3.63) is 33.8 Å². The van der Waals surface area contributed by atoms with Crippen LogP contribution in [0.4, 0.5) is 0 Å². The van der Waals surface area contributed by atoms with Crippen molar-refractivity contribution in [3.63, 3.8) is 0 Å². The summed E-state index contributed by atoms with van der Waals surface area (Å²) < 4.78 is 5.30. The first-order valence-electron chi connectivity index (χ1n) is 5.33. The van der Waals surface area contributed by atoms with Gasteiger partial charge in [0.25, 0.3) is 0 Å². The Bertz CT molecular complexity index is 373. The Morgan fingerprint density at radius 1 is 1.31 bits per heavy atom. The third-order valence-electron chi connectivity index (χ3n) is 2.82. The predicted molar refractivity (Wildman–Crippen MR) is 65.2 cm³/mol. The van der Waals surface area contributed by atoms with E-state index < -0.39 is 5.60 Å². The normalized spacial score (nSPS) is 25.7. The highest BCUT2D eigenvalue weighted by Crippen LogP contribution is 2.27. The molecule has 1 saturated heterocycles. The molecule has 1 heterocycles. The van der Waals surface area contributed by atoms with Gasteiger partial charge in [-0.25, -0.2) is 0 Å². The first-order valence-corrected chi connectivity index (χ1v) is 6.09. The maximum Gasteiger partial charge on any atom is 0.0921 e. The van der Waals surface area contributed by atoms with Crippen LogP contribution in [0, 0.1) is 0 Å². The fourth-order valence-corrected chi connectivity index (χ4v) is 2.33. The van der Waals surface area contributed by atoms with Crippen LogP contribution in [-0.4, -0.2) is 23.9 Å². The number of halogens is 2. The molecule has 1 unspecified atom stereocenters. The van der Waals surface area contributed by atoms with Crippen molar-refractivity contribution in [1.29, 1.82) is 0 Å². The van der Waals surface area contributed by atoms with Crippen molar-refractivity contribution < 1.29 is 9.84 Å². The van der Waals surface area contributed by atoms with E-state index in [0.717, 1.165) is 25.0 Å². The van der Waals surface area contributed by atoms with Gasteiger partial charge in [-0.15, -0.1) is 0 Å². The van der Waals surface area contributed by atoms with Crippen molar-refractivity contribution in [1.82, 2.24) is 0 Å². The fourth-order valence-electron chi connectivity index (χ4n) is 2.01. The number of benzene rings is 1. The number of ether oxygens (including phenoxy) is 1. The number of rotatable bonds is 2. The number of aliphatic hydroxyl groups is 1. The zero-order valence-electron chi connectivity index (χ0n) is 8.88. The molecule has 1 aromatic carbocycles. The molecule has 1 aromatic rings. The standard InChI is InChI=1S/C12H14Cl2O2/c13-10-3-2-9(6-11(10)14)7-12(15)4-1-5-16-8-12/h2-3,6,15H,1,4-5,7-8H2. The highest BCUT2D eigenvalue weighted by atomic mass is 35.5. The molecule has 2 nitrogen and oxygen atoms in total. The second-order valence-electron chi connectivity index (χ2n) is 4.31. The third kappa shape index (κ3) is 2.89. The minimum Gasteiger partial charge on any atom is -0.387 e. The van der Waals surface area contributed by atoms with E-state index in [1.165, 1.54) is 0 Å². The van der Waals surface area contributed by atoms with Gasteiger partial charge in [-0.2, -0.15) is 0 Å². The minimum absolute atomic E-state index is 0.396. The van der Waals surface area contributed by atoms with Gasteiger partial charge in [0, 0.05) is 13.0 Å². The predicted octanol–water partition coefficient (Wildman–Crippen LogP) is 3.08. The molecule has 0 amide bonds. The first-order chi connectivity index (χ1) is 7.59. The van der Waals surface area contributed by atoms with Crippen molar-refractivity contribution in [2.24, 2.45) is 0 Å². The zero-order chi connectivity index (χ0) is 11.6. The lowest BCUT2D eigenvalue weighted by Gasteiger charge is -2.32. The largest absolute Gasteiger partial charge is 0.387 e. The summed E-state index contributed by atoms with van der Waals surface area (Å²) in [6.45, 7) is 1.14. The van der Waals surface area contributed by atoms with Crippen LogP contribution < -0.4 is 0 Å². The zero-order valence-corrected chi connectivity index (χ0v) is 10.4. The van der Waals surface area contributed by atoms with Crippen LogP contribution >= 0.6 is 23.2 Å². The molecule has 0 saturated carbocycles. The molecule has 0 aliphatic carbocycles. The van der Waals surface area contributed by atoms with Gasteiger partial charge in [-0.05, 0) is 30.5 Å². The number of hydrogen-bond acceptors (Lipinski definition) is 2. The molecule has 1 aliphatic heterocycles. The van der Waals surface area contributed by atoms with Gasteiger partial charge in [0.15, 0.2) is 0 Å². The second-order valence-corrected chi connectivity index (χ2v) is 5.12. The smallest absolute Gasteiger partial charge is 0.0921 e. The Kier molecular flexibility index (Phi) is 3.75. The monoisotopic (exact) mass is 260 g/mol. The SMILES string of the molecule is OC1(Cc2ccc(Cl)c(Cl)c2)CCCOC1. The molecule has 1 fully saturated rings. The van der Waals surface area contributed by atoms with Gasteiger partial charge in [0.1, 0.15) is 0 Å². The molecule has 0 aromatic heterocycles. The van der Waals surface area contributed by atoms with E-state index in [2.05, 4.69) is 0 Å². The van der Waals surface area contributed by atoms with Crippen LogP contribution in [0.3, 0.4) is 0 Å². The Hall–Kier alpha value is -0.280. The molecule has 1 atom stereocenters. The molecule has 0 spiro atoms. The minimum atomic E-state index is -0.755. The Morgan fingerprint density at radius 2 is 2.12 bits per heavy atom. The molecule has 0 radical (unpaired) electrons. The Labute approximate surface area is 105 Å². The van der Waals surface area contributed by atoms with Crippen LogP contribution in [0.25, 0.3) is 0 Å². The summed E-state index contributed by atoms with van der Waals surface area (Å²) in [6.07, 6.45) is 2.23. The van der Waals surface area contributed by atoms with Crippen molar-refractivity contribution >= 4 is 23.2 Å². The lowest BCUT2D eigenvalue weighted by Crippen LogP contribution is -2.40. The second kappa shape index (κ2) is 4.92. The van der Waals surface area contributed by atoms with Crippen LogP contribution in [0.1, 0.15) is 18.4 Å². The molecule has 4 heteroatoms. The molecular formula is C12H14Cl2O2. The van der Waals surface area contributed by atoms with E-state index in [0.29, 0.717) is 23.1 Å². The maximum atomic E-state index is 10.3. The molecule has 1 aliphatic rings. The van der Waals surface area contributed by atoms with Gasteiger partial charge >= 0.3 is 0 Å². The van der Waals surface area contributed by atoms with E-state index in [1.54, 1.807) is 12.1 Å². The van der Waals surface area contributed by atoms with Crippen molar-refractivity contribution in [2.45, 2.75) is 24.9 Å². The molecule has 16 heavy (non-hydrogen) atoms. The van der Waals surface area contributed by atoms with Gasteiger partial charge in [0.05, 0.1) is 22.3 Å². The maximum absolute atomic E-state index is 10.3. The number of hydrogen-bond donors (Lipinski definition) is 1. The topological polar surface area (TPSA) is 29.5 Å². The van der Waals surface area contributed by atoms with E-state index in [-0.39, 0.29) is 0 Å². The van der Waals surface area contributed by atoms with Crippen molar-refractivity contribution in [3.8, 4) is 0 Å². The summed E-state index contributed by atoms with van der Waals surface area (Å²) in [5.74, 6) is 0. The molecule has 0 bridgehead atoms. The molecule has 88 valence electrons. The Balaban J connectivity index is 2.10. The molecule has 2 rings (SSSR count). The van der Waals surface area contributed by atoms with E-state index in [9.17, 15) is 5.11 Å². The fraction of sp³-hybridized carbons (Fsp3) is 0.500. The first kappa shape index (κ1) is 12.2. The van der Waals surface area contributed by atoms with Gasteiger partial charge in [0.2, 0.25) is 0 Å². The summed E-state index contributed by atoms with van der Waals surface area (Å²) in [4.78, 5) is 0.